The molecule has 1 aromatic heterocycles. The standard InChI is InChI=1S/C23H32N4O4/c1-16-20(17(2)31-25-16)15-26-10-12-27(13-11-26)21(28)14-18-6-8-19(9-7-18)24-22(29)30-23(3,4)5/h6-9H,10-15H2,1-5H3,(H,24,29). The SMILES string of the molecule is Cc1noc(C)c1CN1CCN(C(=O)Cc2ccc(NC(=O)OC(C)(C)C)cc2)CC1. The Bertz CT molecular complexity index is 887. The molecule has 31 heavy (non-hydrogen) atoms. The second-order valence-corrected chi connectivity index (χ2v) is 8.96. The van der Waals surface area contributed by atoms with Gasteiger partial charge in [0, 0.05) is 44.0 Å². The molecule has 1 aromatic carbocycles. The molecule has 0 radical (unpaired) electrons. The number of anilines is 1. The maximum Gasteiger partial charge on any atom is 0.412 e. The third-order valence-electron chi connectivity index (χ3n) is 5.24. The number of aryl methyl sites for hydroxylation is 2. The van der Waals surface area contributed by atoms with Crippen molar-refractivity contribution in [3.05, 3.63) is 46.8 Å². The number of piperazine rings is 1. The number of rotatable bonds is 5. The number of amides is 2. The van der Waals surface area contributed by atoms with E-state index in [0.29, 0.717) is 25.2 Å². The van der Waals surface area contributed by atoms with E-state index in [1.807, 2.05) is 51.7 Å². The van der Waals surface area contributed by atoms with E-state index in [0.717, 1.165) is 42.2 Å². The van der Waals surface area contributed by atoms with E-state index >= 15 is 0 Å². The lowest BCUT2D eigenvalue weighted by molar-refractivity contribution is -0.132. The zero-order valence-electron chi connectivity index (χ0n) is 19.0. The molecule has 8 nitrogen and oxygen atoms in total. The highest BCUT2D eigenvalue weighted by Gasteiger charge is 2.23. The molecule has 1 N–H and O–H groups in total. The molecule has 0 bridgehead atoms. The molecule has 168 valence electrons. The zero-order valence-corrected chi connectivity index (χ0v) is 19.0. The van der Waals surface area contributed by atoms with Gasteiger partial charge in [0.1, 0.15) is 11.4 Å². The molecule has 0 unspecified atom stereocenters. The van der Waals surface area contributed by atoms with Crippen LogP contribution in [0.3, 0.4) is 0 Å². The number of ether oxygens (including phenoxy) is 1. The molecule has 1 fully saturated rings. The molecule has 0 spiro atoms. The number of hydrogen-bond donors (Lipinski definition) is 1. The van der Waals surface area contributed by atoms with Crippen molar-refractivity contribution in [3.63, 3.8) is 0 Å². The van der Waals surface area contributed by atoms with E-state index < -0.39 is 11.7 Å². The Labute approximate surface area is 183 Å². The monoisotopic (exact) mass is 428 g/mol. The summed E-state index contributed by atoms with van der Waals surface area (Å²) in [5, 5.41) is 6.71. The predicted molar refractivity (Wildman–Crippen MR) is 118 cm³/mol. The van der Waals surface area contributed by atoms with E-state index in [4.69, 9.17) is 9.26 Å². The van der Waals surface area contributed by atoms with Crippen LogP contribution in [0.1, 0.15) is 43.4 Å². The van der Waals surface area contributed by atoms with E-state index in [1.54, 1.807) is 12.1 Å². The smallest absolute Gasteiger partial charge is 0.412 e. The molecule has 0 atom stereocenters. The van der Waals surface area contributed by atoms with Gasteiger partial charge < -0.3 is 14.2 Å². The van der Waals surface area contributed by atoms with Crippen molar-refractivity contribution in [2.45, 2.75) is 53.2 Å². The summed E-state index contributed by atoms with van der Waals surface area (Å²) in [6.45, 7) is 13.2. The lowest BCUT2D eigenvalue weighted by Gasteiger charge is -2.34. The molecule has 0 saturated carbocycles. The van der Waals surface area contributed by atoms with Gasteiger partial charge in [-0.1, -0.05) is 17.3 Å². The van der Waals surface area contributed by atoms with Crippen LogP contribution in [0.2, 0.25) is 0 Å². The second kappa shape index (κ2) is 9.51. The van der Waals surface area contributed by atoms with Crippen LogP contribution in [-0.2, 0) is 22.5 Å². The van der Waals surface area contributed by atoms with E-state index in [2.05, 4.69) is 15.4 Å². The number of carbonyl (C=O) groups excluding carboxylic acids is 2. The molecular weight excluding hydrogens is 396 g/mol. The van der Waals surface area contributed by atoms with Gasteiger partial charge in [0.05, 0.1) is 12.1 Å². The lowest BCUT2D eigenvalue weighted by Crippen LogP contribution is -2.48. The molecule has 2 amide bonds. The van der Waals surface area contributed by atoms with Crippen molar-refractivity contribution < 1.29 is 18.8 Å². The minimum atomic E-state index is -0.548. The molecule has 0 aliphatic carbocycles. The Morgan fingerprint density at radius 3 is 2.29 bits per heavy atom. The first-order valence-electron chi connectivity index (χ1n) is 10.6. The molecule has 8 heteroatoms. The van der Waals surface area contributed by atoms with Gasteiger partial charge in [0.2, 0.25) is 5.91 Å². The van der Waals surface area contributed by atoms with Crippen molar-refractivity contribution in [2.75, 3.05) is 31.5 Å². The van der Waals surface area contributed by atoms with Crippen LogP contribution in [-0.4, -0.2) is 58.7 Å². The number of nitrogens with zero attached hydrogens (tertiary/aromatic N) is 3. The van der Waals surface area contributed by atoms with Crippen LogP contribution in [0.4, 0.5) is 10.5 Å². The maximum absolute atomic E-state index is 12.7. The first kappa shape index (κ1) is 22.8. The van der Waals surface area contributed by atoms with Gasteiger partial charge in [0.25, 0.3) is 0 Å². The number of hydrogen-bond acceptors (Lipinski definition) is 6. The quantitative estimate of drug-likeness (QED) is 0.784. The van der Waals surface area contributed by atoms with Gasteiger partial charge in [-0.2, -0.15) is 0 Å². The van der Waals surface area contributed by atoms with Crippen LogP contribution in [0.15, 0.2) is 28.8 Å². The van der Waals surface area contributed by atoms with Crippen molar-refractivity contribution >= 4 is 17.7 Å². The van der Waals surface area contributed by atoms with E-state index in [1.165, 1.54) is 0 Å². The summed E-state index contributed by atoms with van der Waals surface area (Å²) in [4.78, 5) is 28.8. The summed E-state index contributed by atoms with van der Waals surface area (Å²) >= 11 is 0. The zero-order chi connectivity index (χ0) is 22.6. The van der Waals surface area contributed by atoms with Crippen LogP contribution >= 0.6 is 0 Å². The Morgan fingerprint density at radius 2 is 1.74 bits per heavy atom. The maximum atomic E-state index is 12.7. The third-order valence-corrected chi connectivity index (χ3v) is 5.24. The Balaban J connectivity index is 1.46. The van der Waals surface area contributed by atoms with E-state index in [-0.39, 0.29) is 5.91 Å². The van der Waals surface area contributed by atoms with Crippen LogP contribution in [0, 0.1) is 13.8 Å². The second-order valence-electron chi connectivity index (χ2n) is 8.96. The largest absolute Gasteiger partial charge is 0.444 e. The highest BCUT2D eigenvalue weighted by atomic mass is 16.6. The summed E-state index contributed by atoms with van der Waals surface area (Å²) in [6, 6.07) is 7.29. The highest BCUT2D eigenvalue weighted by Crippen LogP contribution is 2.17. The van der Waals surface area contributed by atoms with Gasteiger partial charge >= 0.3 is 6.09 Å². The van der Waals surface area contributed by atoms with Crippen molar-refractivity contribution in [1.29, 1.82) is 0 Å². The van der Waals surface area contributed by atoms with Crippen LogP contribution < -0.4 is 5.32 Å². The topological polar surface area (TPSA) is 87.9 Å². The van der Waals surface area contributed by atoms with E-state index in [9.17, 15) is 9.59 Å². The van der Waals surface area contributed by atoms with Crippen molar-refractivity contribution in [2.24, 2.45) is 0 Å². The average Bonchev–Trinajstić information content (AvgIpc) is 3.00. The first-order chi connectivity index (χ1) is 14.6. The van der Waals surface area contributed by atoms with Gasteiger partial charge in [0.15, 0.2) is 0 Å². The molecule has 1 aliphatic heterocycles. The summed E-state index contributed by atoms with van der Waals surface area (Å²) in [6.07, 6.45) is -0.151. The molecule has 2 heterocycles. The number of benzene rings is 1. The summed E-state index contributed by atoms with van der Waals surface area (Å²) in [5.74, 6) is 0.977. The fourth-order valence-electron chi connectivity index (χ4n) is 3.52. The van der Waals surface area contributed by atoms with Gasteiger partial charge in [-0.25, -0.2) is 4.79 Å². The van der Waals surface area contributed by atoms with Gasteiger partial charge in [-0.05, 0) is 52.3 Å². The average molecular weight is 429 g/mol. The van der Waals surface area contributed by atoms with Crippen LogP contribution in [0.25, 0.3) is 0 Å². The molecule has 1 saturated heterocycles. The normalized spacial score (nSPS) is 15.1. The molecular formula is C23H32N4O4. The third kappa shape index (κ3) is 6.55. The number of aromatic nitrogens is 1. The fraction of sp³-hybridized carbons (Fsp3) is 0.522. The van der Waals surface area contributed by atoms with Crippen molar-refractivity contribution in [1.82, 2.24) is 15.0 Å². The van der Waals surface area contributed by atoms with Gasteiger partial charge in [-0.3, -0.25) is 15.0 Å². The minimum absolute atomic E-state index is 0.116. The Morgan fingerprint density at radius 1 is 1.10 bits per heavy atom. The predicted octanol–water partition coefficient (Wildman–Crippen LogP) is 3.53. The molecule has 3 rings (SSSR count). The first-order valence-corrected chi connectivity index (χ1v) is 10.6. The summed E-state index contributed by atoms with van der Waals surface area (Å²) in [7, 11) is 0. The molecule has 2 aromatic rings. The minimum Gasteiger partial charge on any atom is -0.444 e. The Hall–Kier alpha value is -2.87. The lowest BCUT2D eigenvalue weighted by atomic mass is 10.1. The Kier molecular flexibility index (Phi) is 7.00. The van der Waals surface area contributed by atoms with Crippen molar-refractivity contribution in [3.8, 4) is 0 Å². The highest BCUT2D eigenvalue weighted by molar-refractivity contribution is 5.85. The summed E-state index contributed by atoms with van der Waals surface area (Å²) in [5.41, 5.74) is 3.07. The summed E-state index contributed by atoms with van der Waals surface area (Å²) < 4.78 is 10.5. The molecule has 1 aliphatic rings. The fourth-order valence-corrected chi connectivity index (χ4v) is 3.52. The number of carbonyl (C=O) groups is 2. The van der Waals surface area contributed by atoms with Gasteiger partial charge in [-0.15, -0.1) is 0 Å². The van der Waals surface area contributed by atoms with Crippen LogP contribution in [0.5, 0.6) is 0 Å². The number of nitrogens with one attached hydrogen (secondary N) is 1.